The minimum Gasteiger partial charge on any atom is -0.338 e. The summed E-state index contributed by atoms with van der Waals surface area (Å²) in [4.78, 5) is 34.1. The molecule has 5 nitrogen and oxygen atoms in total. The van der Waals surface area contributed by atoms with Crippen molar-refractivity contribution < 1.29 is 9.59 Å². The minimum absolute atomic E-state index is 0.0369. The Labute approximate surface area is 153 Å². The van der Waals surface area contributed by atoms with E-state index >= 15 is 0 Å². The number of carbonyl (C=O) groups excluding carboxylic acids is 2. The number of aryl methyl sites for hydroxylation is 1. The van der Waals surface area contributed by atoms with Crippen LogP contribution in [0.5, 0.6) is 0 Å². The number of nitrogens with zero attached hydrogens (tertiary/aromatic N) is 3. The van der Waals surface area contributed by atoms with Gasteiger partial charge in [-0.05, 0) is 49.9 Å². The summed E-state index contributed by atoms with van der Waals surface area (Å²) in [7, 11) is 0. The largest absolute Gasteiger partial charge is 0.338 e. The second-order valence-corrected chi connectivity index (χ2v) is 7.34. The molecule has 1 aromatic heterocycles. The van der Waals surface area contributed by atoms with Gasteiger partial charge in [-0.3, -0.25) is 14.6 Å². The number of likely N-dealkylation sites (tertiary alicyclic amines) is 1. The predicted molar refractivity (Wildman–Crippen MR) is 100.0 cm³/mol. The maximum Gasteiger partial charge on any atom is 0.254 e. The number of benzene rings is 1. The van der Waals surface area contributed by atoms with Crippen molar-refractivity contribution in [1.82, 2.24) is 9.88 Å². The van der Waals surface area contributed by atoms with Crippen LogP contribution in [-0.2, 0) is 4.79 Å². The number of pyridine rings is 1. The summed E-state index contributed by atoms with van der Waals surface area (Å²) in [5.74, 6) is 0.169. The summed E-state index contributed by atoms with van der Waals surface area (Å²) < 4.78 is 0. The molecule has 134 valence electrons. The average Bonchev–Trinajstić information content (AvgIpc) is 2.98. The molecule has 0 bridgehead atoms. The van der Waals surface area contributed by atoms with E-state index in [4.69, 9.17) is 0 Å². The summed E-state index contributed by atoms with van der Waals surface area (Å²) in [5.41, 5.74) is 2.11. The van der Waals surface area contributed by atoms with Gasteiger partial charge in [0.15, 0.2) is 0 Å². The number of hydrogen-bond donors (Lipinski definition) is 0. The van der Waals surface area contributed by atoms with Crippen molar-refractivity contribution in [2.75, 3.05) is 24.5 Å². The highest BCUT2D eigenvalue weighted by Crippen LogP contribution is 2.42. The Morgan fingerprint density at radius 3 is 2.73 bits per heavy atom. The minimum atomic E-state index is -0.452. The highest BCUT2D eigenvalue weighted by atomic mass is 16.2. The molecule has 26 heavy (non-hydrogen) atoms. The first-order valence-electron chi connectivity index (χ1n) is 9.18. The van der Waals surface area contributed by atoms with E-state index in [1.165, 1.54) is 0 Å². The average molecular weight is 349 g/mol. The molecule has 3 heterocycles. The van der Waals surface area contributed by atoms with Crippen LogP contribution in [0.1, 0.15) is 35.2 Å². The van der Waals surface area contributed by atoms with E-state index in [0.29, 0.717) is 13.1 Å². The first kappa shape index (κ1) is 16.8. The number of anilines is 1. The van der Waals surface area contributed by atoms with Crippen molar-refractivity contribution in [3.05, 3.63) is 59.9 Å². The molecule has 0 unspecified atom stereocenters. The molecular formula is C21H23N3O2. The molecule has 0 N–H and O–H groups in total. The first-order valence-corrected chi connectivity index (χ1v) is 9.18. The van der Waals surface area contributed by atoms with Gasteiger partial charge in [0.1, 0.15) is 0 Å². The summed E-state index contributed by atoms with van der Waals surface area (Å²) in [6.07, 6.45) is 5.95. The molecule has 2 saturated heterocycles. The number of rotatable bonds is 2. The number of amides is 2. The molecule has 1 aromatic carbocycles. The van der Waals surface area contributed by atoms with Gasteiger partial charge >= 0.3 is 0 Å². The van der Waals surface area contributed by atoms with Crippen molar-refractivity contribution in [3.63, 3.8) is 0 Å². The molecule has 0 radical (unpaired) electrons. The molecule has 1 spiro atoms. The Hall–Kier alpha value is -2.69. The third-order valence-corrected chi connectivity index (χ3v) is 5.71. The molecule has 2 aromatic rings. The van der Waals surface area contributed by atoms with Gasteiger partial charge < -0.3 is 9.80 Å². The monoisotopic (exact) mass is 349 g/mol. The van der Waals surface area contributed by atoms with Crippen LogP contribution in [0.25, 0.3) is 0 Å². The number of hydrogen-bond acceptors (Lipinski definition) is 3. The van der Waals surface area contributed by atoms with Crippen LogP contribution in [0, 0.1) is 12.3 Å². The van der Waals surface area contributed by atoms with Crippen LogP contribution >= 0.6 is 0 Å². The van der Waals surface area contributed by atoms with E-state index in [9.17, 15) is 9.59 Å². The van der Waals surface area contributed by atoms with Crippen LogP contribution in [0.15, 0.2) is 48.8 Å². The van der Waals surface area contributed by atoms with Crippen LogP contribution in [0.2, 0.25) is 0 Å². The van der Waals surface area contributed by atoms with E-state index < -0.39 is 5.41 Å². The van der Waals surface area contributed by atoms with Crippen molar-refractivity contribution in [1.29, 1.82) is 0 Å². The van der Waals surface area contributed by atoms with Crippen molar-refractivity contribution in [3.8, 4) is 0 Å². The number of carbonyl (C=O) groups is 2. The normalized spacial score (nSPS) is 22.9. The zero-order valence-corrected chi connectivity index (χ0v) is 15.0. The quantitative estimate of drug-likeness (QED) is 0.837. The third kappa shape index (κ3) is 2.77. The summed E-state index contributed by atoms with van der Waals surface area (Å²) >= 11 is 0. The molecule has 2 amide bonds. The molecule has 4 rings (SSSR count). The van der Waals surface area contributed by atoms with Crippen molar-refractivity contribution in [2.45, 2.75) is 26.2 Å². The van der Waals surface area contributed by atoms with Crippen LogP contribution in [0.4, 0.5) is 5.69 Å². The standard InChI is InChI=1S/C21H23N3O2/c1-16-6-2-3-8-18(16)19(25)23-12-5-9-21(15-23)10-13-24(20(21)26)17-7-4-11-22-14-17/h2-4,6-8,11,14H,5,9-10,12-13,15H2,1H3/t21-/m1/s1. The maximum atomic E-state index is 13.2. The lowest BCUT2D eigenvalue weighted by Crippen LogP contribution is -2.50. The molecule has 0 saturated carbocycles. The zero-order valence-electron chi connectivity index (χ0n) is 15.0. The first-order chi connectivity index (χ1) is 12.6. The molecular weight excluding hydrogens is 326 g/mol. The second-order valence-electron chi connectivity index (χ2n) is 7.34. The summed E-state index contributed by atoms with van der Waals surface area (Å²) in [6.45, 7) is 3.87. The van der Waals surface area contributed by atoms with Crippen molar-refractivity contribution >= 4 is 17.5 Å². The van der Waals surface area contributed by atoms with Gasteiger partial charge in [-0.15, -0.1) is 0 Å². The summed E-state index contributed by atoms with van der Waals surface area (Å²) in [5, 5.41) is 0. The molecule has 2 fully saturated rings. The van der Waals surface area contributed by atoms with E-state index in [-0.39, 0.29) is 11.8 Å². The summed E-state index contributed by atoms with van der Waals surface area (Å²) in [6, 6.07) is 11.4. The maximum absolute atomic E-state index is 13.2. The molecule has 0 aliphatic carbocycles. The topological polar surface area (TPSA) is 53.5 Å². The lowest BCUT2D eigenvalue weighted by atomic mass is 9.78. The Morgan fingerprint density at radius 1 is 1.12 bits per heavy atom. The van der Waals surface area contributed by atoms with E-state index in [2.05, 4.69) is 4.98 Å². The lowest BCUT2D eigenvalue weighted by Gasteiger charge is -2.39. The van der Waals surface area contributed by atoms with E-state index in [1.807, 2.05) is 53.1 Å². The highest BCUT2D eigenvalue weighted by molar-refractivity contribution is 6.01. The Balaban J connectivity index is 1.56. The predicted octanol–water partition coefficient (Wildman–Crippen LogP) is 3.05. The van der Waals surface area contributed by atoms with Crippen LogP contribution in [0.3, 0.4) is 0 Å². The fourth-order valence-corrected chi connectivity index (χ4v) is 4.25. The Kier molecular flexibility index (Phi) is 4.23. The third-order valence-electron chi connectivity index (χ3n) is 5.71. The SMILES string of the molecule is Cc1ccccc1C(=O)N1CCC[C@@]2(CCN(c3cccnc3)C2=O)C1. The lowest BCUT2D eigenvalue weighted by molar-refractivity contribution is -0.127. The number of aromatic nitrogens is 1. The Morgan fingerprint density at radius 2 is 1.96 bits per heavy atom. The van der Waals surface area contributed by atoms with Gasteiger partial charge in [0, 0.05) is 31.4 Å². The van der Waals surface area contributed by atoms with Crippen LogP contribution in [-0.4, -0.2) is 41.3 Å². The van der Waals surface area contributed by atoms with Crippen LogP contribution < -0.4 is 4.90 Å². The molecule has 2 aliphatic rings. The van der Waals surface area contributed by atoms with E-state index in [1.54, 1.807) is 12.4 Å². The Bertz CT molecular complexity index is 836. The van der Waals surface area contributed by atoms with Gasteiger partial charge in [0.25, 0.3) is 5.91 Å². The van der Waals surface area contributed by atoms with Gasteiger partial charge in [-0.2, -0.15) is 0 Å². The van der Waals surface area contributed by atoms with Gasteiger partial charge in [0.05, 0.1) is 17.3 Å². The van der Waals surface area contributed by atoms with Gasteiger partial charge in [-0.1, -0.05) is 18.2 Å². The number of piperidine rings is 1. The zero-order chi connectivity index (χ0) is 18.1. The van der Waals surface area contributed by atoms with Gasteiger partial charge in [0.2, 0.25) is 5.91 Å². The highest BCUT2D eigenvalue weighted by Gasteiger charge is 2.50. The molecule has 1 atom stereocenters. The van der Waals surface area contributed by atoms with Gasteiger partial charge in [-0.25, -0.2) is 0 Å². The molecule has 2 aliphatic heterocycles. The smallest absolute Gasteiger partial charge is 0.254 e. The fraction of sp³-hybridized carbons (Fsp3) is 0.381. The second kappa shape index (κ2) is 6.56. The van der Waals surface area contributed by atoms with Crippen molar-refractivity contribution in [2.24, 2.45) is 5.41 Å². The fourth-order valence-electron chi connectivity index (χ4n) is 4.25. The van der Waals surface area contributed by atoms with E-state index in [0.717, 1.165) is 42.6 Å². The molecule has 5 heteroatoms.